The van der Waals surface area contributed by atoms with Crippen molar-refractivity contribution in [2.24, 2.45) is 5.92 Å². The van der Waals surface area contributed by atoms with Crippen LogP contribution < -0.4 is 15.8 Å². The highest BCUT2D eigenvalue weighted by atomic mass is 32.1. The SMILES string of the molecule is COc1c(NCC2CCN(C)C2)sc(C(C)=O)c1N. The number of rotatable bonds is 5. The number of carbonyl (C=O) groups excluding carboxylic acids is 1. The number of Topliss-reactive ketones (excluding diaryl/α,β-unsaturated/α-hetero) is 1. The molecule has 1 aromatic rings. The van der Waals surface area contributed by atoms with Crippen LogP contribution in [0.1, 0.15) is 23.0 Å². The maximum Gasteiger partial charge on any atom is 0.176 e. The van der Waals surface area contributed by atoms with Crippen LogP contribution in [0.25, 0.3) is 0 Å². The van der Waals surface area contributed by atoms with Crippen LogP contribution in [0.4, 0.5) is 10.7 Å². The van der Waals surface area contributed by atoms with E-state index in [0.29, 0.717) is 22.2 Å². The summed E-state index contributed by atoms with van der Waals surface area (Å²) < 4.78 is 5.30. The van der Waals surface area contributed by atoms with Gasteiger partial charge in [0.15, 0.2) is 11.5 Å². The Morgan fingerprint density at radius 3 is 2.89 bits per heavy atom. The lowest BCUT2D eigenvalue weighted by molar-refractivity contribution is 0.102. The summed E-state index contributed by atoms with van der Waals surface area (Å²) in [6.45, 7) is 4.67. The molecule has 0 amide bonds. The molecule has 1 aliphatic heterocycles. The number of methoxy groups -OCH3 is 1. The molecule has 6 heteroatoms. The van der Waals surface area contributed by atoms with Crippen molar-refractivity contribution in [2.45, 2.75) is 13.3 Å². The van der Waals surface area contributed by atoms with E-state index in [0.717, 1.165) is 24.6 Å². The van der Waals surface area contributed by atoms with Gasteiger partial charge < -0.3 is 20.7 Å². The molecule has 1 aromatic heterocycles. The summed E-state index contributed by atoms with van der Waals surface area (Å²) in [6, 6.07) is 0. The lowest BCUT2D eigenvalue weighted by Crippen LogP contribution is -2.18. The van der Waals surface area contributed by atoms with E-state index in [1.54, 1.807) is 7.11 Å². The second kappa shape index (κ2) is 5.79. The summed E-state index contributed by atoms with van der Waals surface area (Å²) in [5.41, 5.74) is 6.39. The fraction of sp³-hybridized carbons (Fsp3) is 0.615. The van der Waals surface area contributed by atoms with Gasteiger partial charge in [-0.3, -0.25) is 4.79 Å². The minimum absolute atomic E-state index is 0.0190. The zero-order chi connectivity index (χ0) is 14.0. The first kappa shape index (κ1) is 14.1. The van der Waals surface area contributed by atoms with Crippen LogP contribution in [0.3, 0.4) is 0 Å². The smallest absolute Gasteiger partial charge is 0.176 e. The van der Waals surface area contributed by atoms with Crippen LogP contribution in [-0.2, 0) is 0 Å². The van der Waals surface area contributed by atoms with Crippen molar-refractivity contribution in [3.8, 4) is 5.75 Å². The number of nitrogens with two attached hydrogens (primary N) is 1. The summed E-state index contributed by atoms with van der Waals surface area (Å²) in [5.74, 6) is 1.22. The standard InChI is InChI=1S/C13H21N3O2S/c1-8(17)12-10(14)11(18-3)13(19-12)15-6-9-4-5-16(2)7-9/h9,15H,4-7,14H2,1-3H3. The van der Waals surface area contributed by atoms with E-state index in [2.05, 4.69) is 17.3 Å². The first-order valence-electron chi connectivity index (χ1n) is 6.42. The third-order valence-corrected chi connectivity index (χ3v) is 4.71. The lowest BCUT2D eigenvalue weighted by Gasteiger charge is -2.12. The van der Waals surface area contributed by atoms with Gasteiger partial charge in [-0.25, -0.2) is 0 Å². The Balaban J connectivity index is 2.07. The van der Waals surface area contributed by atoms with E-state index >= 15 is 0 Å². The molecular formula is C13H21N3O2S. The van der Waals surface area contributed by atoms with Crippen molar-refractivity contribution in [3.05, 3.63) is 4.88 Å². The minimum Gasteiger partial charge on any atom is -0.492 e. The van der Waals surface area contributed by atoms with Crippen molar-refractivity contribution in [3.63, 3.8) is 0 Å². The summed E-state index contributed by atoms with van der Waals surface area (Å²) >= 11 is 1.38. The van der Waals surface area contributed by atoms with Crippen molar-refractivity contribution in [2.75, 3.05) is 44.8 Å². The first-order chi connectivity index (χ1) is 9.02. The Labute approximate surface area is 117 Å². The molecule has 0 aliphatic carbocycles. The second-order valence-electron chi connectivity index (χ2n) is 5.06. The molecule has 0 radical (unpaired) electrons. The number of hydrogen-bond donors (Lipinski definition) is 2. The molecule has 106 valence electrons. The van der Waals surface area contributed by atoms with Gasteiger partial charge in [-0.1, -0.05) is 0 Å². The Morgan fingerprint density at radius 1 is 1.63 bits per heavy atom. The van der Waals surface area contributed by atoms with Crippen LogP contribution in [-0.4, -0.2) is 44.5 Å². The normalized spacial score (nSPS) is 19.6. The predicted octanol–water partition coefficient (Wildman–Crippen LogP) is 1.91. The summed E-state index contributed by atoms with van der Waals surface area (Å²) in [5, 5.41) is 4.24. The molecule has 1 saturated heterocycles. The molecule has 3 N–H and O–H groups in total. The predicted molar refractivity (Wildman–Crippen MR) is 79.4 cm³/mol. The van der Waals surface area contributed by atoms with Crippen LogP contribution >= 0.6 is 11.3 Å². The average Bonchev–Trinajstić information content (AvgIpc) is 2.90. The van der Waals surface area contributed by atoms with E-state index in [9.17, 15) is 4.79 Å². The maximum absolute atomic E-state index is 11.5. The number of ether oxygens (including phenoxy) is 1. The van der Waals surface area contributed by atoms with Gasteiger partial charge in [-0.2, -0.15) is 0 Å². The molecule has 5 nitrogen and oxygen atoms in total. The second-order valence-corrected chi connectivity index (χ2v) is 6.08. The van der Waals surface area contributed by atoms with Gasteiger partial charge >= 0.3 is 0 Å². The molecule has 1 atom stereocenters. The van der Waals surface area contributed by atoms with Gasteiger partial charge in [0.1, 0.15) is 5.00 Å². The molecule has 19 heavy (non-hydrogen) atoms. The summed E-state index contributed by atoms with van der Waals surface area (Å²) in [7, 11) is 3.72. The first-order valence-corrected chi connectivity index (χ1v) is 7.24. The quantitative estimate of drug-likeness (QED) is 0.808. The van der Waals surface area contributed by atoms with Gasteiger partial charge in [0.05, 0.1) is 17.7 Å². The number of nitrogens with zero attached hydrogens (tertiary/aromatic N) is 1. The molecule has 1 unspecified atom stereocenters. The minimum atomic E-state index is -0.0190. The fourth-order valence-corrected chi connectivity index (χ4v) is 3.43. The number of carbonyl (C=O) groups is 1. The number of ketones is 1. The zero-order valence-electron chi connectivity index (χ0n) is 11.7. The molecule has 1 fully saturated rings. The largest absolute Gasteiger partial charge is 0.492 e. The number of thiophene rings is 1. The molecule has 1 aliphatic rings. The van der Waals surface area contributed by atoms with Gasteiger partial charge in [0.2, 0.25) is 0 Å². The average molecular weight is 283 g/mol. The monoisotopic (exact) mass is 283 g/mol. The van der Waals surface area contributed by atoms with Crippen molar-refractivity contribution in [1.29, 1.82) is 0 Å². The highest BCUT2D eigenvalue weighted by Crippen LogP contribution is 2.42. The zero-order valence-corrected chi connectivity index (χ0v) is 12.5. The molecular weight excluding hydrogens is 262 g/mol. The van der Waals surface area contributed by atoms with Crippen LogP contribution in [0.15, 0.2) is 0 Å². The Kier molecular flexibility index (Phi) is 4.31. The highest BCUT2D eigenvalue weighted by molar-refractivity contribution is 7.19. The third-order valence-electron chi connectivity index (χ3n) is 3.46. The topological polar surface area (TPSA) is 67.6 Å². The van der Waals surface area contributed by atoms with E-state index in [1.165, 1.54) is 24.7 Å². The molecule has 0 saturated carbocycles. The van der Waals surface area contributed by atoms with Gasteiger partial charge in [-0.15, -0.1) is 11.3 Å². The van der Waals surface area contributed by atoms with Crippen LogP contribution in [0.2, 0.25) is 0 Å². The Hall–Kier alpha value is -1.27. The molecule has 0 aromatic carbocycles. The lowest BCUT2D eigenvalue weighted by atomic mass is 10.1. The van der Waals surface area contributed by atoms with Crippen LogP contribution in [0, 0.1) is 5.92 Å². The Morgan fingerprint density at radius 2 is 2.37 bits per heavy atom. The van der Waals surface area contributed by atoms with E-state index in [1.807, 2.05) is 0 Å². The molecule has 0 bridgehead atoms. The number of likely N-dealkylation sites (tertiary alicyclic amines) is 1. The summed E-state index contributed by atoms with van der Waals surface area (Å²) in [6.07, 6.45) is 1.20. The van der Waals surface area contributed by atoms with Crippen molar-refractivity contribution >= 4 is 27.8 Å². The highest BCUT2D eigenvalue weighted by Gasteiger charge is 2.22. The fourth-order valence-electron chi connectivity index (χ4n) is 2.44. The number of nitrogens with one attached hydrogen (secondary N) is 1. The van der Waals surface area contributed by atoms with Crippen molar-refractivity contribution in [1.82, 2.24) is 4.90 Å². The van der Waals surface area contributed by atoms with Gasteiger partial charge in [0, 0.05) is 20.0 Å². The van der Waals surface area contributed by atoms with Gasteiger partial charge in [-0.05, 0) is 25.9 Å². The molecule has 2 heterocycles. The Bertz CT molecular complexity index is 473. The number of hydrogen-bond acceptors (Lipinski definition) is 6. The third kappa shape index (κ3) is 3.01. The number of nitrogen functional groups attached to an aromatic ring is 1. The van der Waals surface area contributed by atoms with E-state index in [-0.39, 0.29) is 5.78 Å². The van der Waals surface area contributed by atoms with E-state index in [4.69, 9.17) is 10.5 Å². The van der Waals surface area contributed by atoms with E-state index < -0.39 is 0 Å². The van der Waals surface area contributed by atoms with Crippen LogP contribution in [0.5, 0.6) is 5.75 Å². The molecule has 2 rings (SSSR count). The molecule has 0 spiro atoms. The van der Waals surface area contributed by atoms with Gasteiger partial charge in [0.25, 0.3) is 0 Å². The van der Waals surface area contributed by atoms with Crippen molar-refractivity contribution < 1.29 is 9.53 Å². The number of anilines is 2. The summed E-state index contributed by atoms with van der Waals surface area (Å²) in [4.78, 5) is 14.4. The maximum atomic E-state index is 11.5.